The molecular formula is C50H33NS. The molecule has 0 aliphatic rings. The number of anilines is 3. The third-order valence-electron chi connectivity index (χ3n) is 10.3. The van der Waals surface area contributed by atoms with E-state index >= 15 is 0 Å². The van der Waals surface area contributed by atoms with Gasteiger partial charge in [-0.05, 0) is 69.1 Å². The Morgan fingerprint density at radius 2 is 0.885 bits per heavy atom. The standard InChI is InChI=1S/C50H33NS/c1-3-13-34(14-4-1)35-25-27-36(28-26-35)37-29-31-40(32-30-37)51(46-23-11-18-38-17-7-8-19-41(38)46)47-33-45-49-42(39-15-5-2-6-16-39)22-12-24-48(49)52-50(45)44-21-10-9-20-43(44)47/h1-33H. The van der Waals surface area contributed by atoms with Gasteiger partial charge in [-0.3, -0.25) is 0 Å². The fourth-order valence-electron chi connectivity index (χ4n) is 7.77. The van der Waals surface area contributed by atoms with Crippen LogP contribution in [0.15, 0.2) is 200 Å². The van der Waals surface area contributed by atoms with Crippen LogP contribution in [0.3, 0.4) is 0 Å². The van der Waals surface area contributed by atoms with Crippen molar-refractivity contribution >= 4 is 70.1 Å². The van der Waals surface area contributed by atoms with E-state index < -0.39 is 0 Å². The molecule has 0 saturated heterocycles. The van der Waals surface area contributed by atoms with Crippen molar-refractivity contribution in [1.82, 2.24) is 0 Å². The first-order chi connectivity index (χ1) is 25.8. The lowest BCUT2D eigenvalue weighted by Crippen LogP contribution is -2.11. The van der Waals surface area contributed by atoms with Gasteiger partial charge in [-0.1, -0.05) is 170 Å². The summed E-state index contributed by atoms with van der Waals surface area (Å²) in [5.41, 5.74) is 10.8. The first kappa shape index (κ1) is 30.4. The lowest BCUT2D eigenvalue weighted by Gasteiger charge is -2.28. The number of benzene rings is 9. The van der Waals surface area contributed by atoms with Gasteiger partial charge in [0.1, 0.15) is 0 Å². The Kier molecular flexibility index (Phi) is 7.41. The molecule has 0 bridgehead atoms. The minimum Gasteiger partial charge on any atom is -0.309 e. The molecule has 0 saturated carbocycles. The molecule has 0 radical (unpaired) electrons. The minimum atomic E-state index is 1.12. The Morgan fingerprint density at radius 3 is 1.60 bits per heavy atom. The Morgan fingerprint density at radius 1 is 0.346 bits per heavy atom. The van der Waals surface area contributed by atoms with Gasteiger partial charge >= 0.3 is 0 Å². The summed E-state index contributed by atoms with van der Waals surface area (Å²) in [5.74, 6) is 0. The van der Waals surface area contributed by atoms with Gasteiger partial charge in [0.2, 0.25) is 0 Å². The first-order valence-corrected chi connectivity index (χ1v) is 18.6. The number of rotatable bonds is 6. The third kappa shape index (κ3) is 5.16. The van der Waals surface area contributed by atoms with Crippen LogP contribution in [0, 0.1) is 0 Å². The van der Waals surface area contributed by atoms with Gasteiger partial charge in [0, 0.05) is 42.0 Å². The molecule has 0 unspecified atom stereocenters. The van der Waals surface area contributed by atoms with E-state index in [9.17, 15) is 0 Å². The molecule has 0 aliphatic carbocycles. The minimum absolute atomic E-state index is 1.12. The van der Waals surface area contributed by atoms with Crippen LogP contribution >= 0.6 is 11.3 Å². The number of hydrogen-bond donors (Lipinski definition) is 0. The molecule has 0 amide bonds. The van der Waals surface area contributed by atoms with Gasteiger partial charge in [-0.25, -0.2) is 0 Å². The highest BCUT2D eigenvalue weighted by Gasteiger charge is 2.22. The summed E-state index contributed by atoms with van der Waals surface area (Å²) in [5, 5.41) is 7.54. The van der Waals surface area contributed by atoms with Gasteiger partial charge in [-0.2, -0.15) is 0 Å². The average molecular weight is 680 g/mol. The van der Waals surface area contributed by atoms with Crippen LogP contribution in [0.5, 0.6) is 0 Å². The maximum atomic E-state index is 2.47. The smallest absolute Gasteiger partial charge is 0.0547 e. The van der Waals surface area contributed by atoms with Crippen molar-refractivity contribution < 1.29 is 0 Å². The van der Waals surface area contributed by atoms with Crippen LogP contribution in [-0.2, 0) is 0 Å². The maximum absolute atomic E-state index is 2.47. The number of nitrogens with zero attached hydrogens (tertiary/aromatic N) is 1. The summed E-state index contributed by atoms with van der Waals surface area (Å²) in [6, 6.07) is 72.8. The van der Waals surface area contributed by atoms with Crippen LogP contribution in [0.2, 0.25) is 0 Å². The van der Waals surface area contributed by atoms with E-state index in [-0.39, 0.29) is 0 Å². The summed E-state index contributed by atoms with van der Waals surface area (Å²) < 4.78 is 2.63. The van der Waals surface area contributed by atoms with Gasteiger partial charge in [0.15, 0.2) is 0 Å². The highest BCUT2D eigenvalue weighted by Crippen LogP contribution is 2.49. The van der Waals surface area contributed by atoms with Crippen LogP contribution in [-0.4, -0.2) is 0 Å². The summed E-state index contributed by atoms with van der Waals surface area (Å²) in [7, 11) is 0. The fourth-order valence-corrected chi connectivity index (χ4v) is 9.02. The second-order valence-electron chi connectivity index (χ2n) is 13.3. The van der Waals surface area contributed by atoms with Crippen LogP contribution in [0.1, 0.15) is 0 Å². The molecule has 0 spiro atoms. The third-order valence-corrected chi connectivity index (χ3v) is 11.5. The quantitative estimate of drug-likeness (QED) is 0.169. The highest BCUT2D eigenvalue weighted by molar-refractivity contribution is 7.26. The highest BCUT2D eigenvalue weighted by atomic mass is 32.1. The molecular weight excluding hydrogens is 647 g/mol. The van der Waals surface area contributed by atoms with Crippen LogP contribution in [0.25, 0.3) is 75.1 Å². The van der Waals surface area contributed by atoms with E-state index in [0.29, 0.717) is 0 Å². The topological polar surface area (TPSA) is 3.24 Å². The van der Waals surface area contributed by atoms with Crippen molar-refractivity contribution in [2.75, 3.05) is 4.90 Å². The number of thiophene rings is 1. The van der Waals surface area contributed by atoms with Crippen molar-refractivity contribution in [3.63, 3.8) is 0 Å². The van der Waals surface area contributed by atoms with E-state index in [0.717, 1.165) is 11.4 Å². The van der Waals surface area contributed by atoms with E-state index in [1.165, 1.54) is 80.8 Å². The van der Waals surface area contributed by atoms with Crippen LogP contribution in [0.4, 0.5) is 17.1 Å². The molecule has 52 heavy (non-hydrogen) atoms. The van der Waals surface area contributed by atoms with Gasteiger partial charge in [0.05, 0.1) is 11.4 Å². The molecule has 0 N–H and O–H groups in total. The summed E-state index contributed by atoms with van der Waals surface area (Å²) in [6.07, 6.45) is 0. The van der Waals surface area contributed by atoms with E-state index in [1.54, 1.807) is 0 Å². The van der Waals surface area contributed by atoms with E-state index in [1.807, 2.05) is 11.3 Å². The van der Waals surface area contributed by atoms with Gasteiger partial charge < -0.3 is 4.90 Å². The largest absolute Gasteiger partial charge is 0.309 e. The van der Waals surface area contributed by atoms with E-state index in [2.05, 4.69) is 205 Å². The molecule has 0 atom stereocenters. The zero-order chi connectivity index (χ0) is 34.4. The molecule has 1 aromatic heterocycles. The molecule has 2 heteroatoms. The van der Waals surface area contributed by atoms with Crippen molar-refractivity contribution in [2.24, 2.45) is 0 Å². The summed E-state index contributed by atoms with van der Waals surface area (Å²) in [4.78, 5) is 2.47. The van der Waals surface area contributed by atoms with Crippen LogP contribution < -0.4 is 4.90 Å². The summed E-state index contributed by atoms with van der Waals surface area (Å²) in [6.45, 7) is 0. The van der Waals surface area contributed by atoms with Gasteiger partial charge in [-0.15, -0.1) is 11.3 Å². The number of fused-ring (bicyclic) bond motifs is 6. The second kappa shape index (κ2) is 12.7. The van der Waals surface area contributed by atoms with Crippen molar-refractivity contribution in [3.05, 3.63) is 200 Å². The zero-order valence-corrected chi connectivity index (χ0v) is 29.2. The molecule has 0 aliphatic heterocycles. The Labute approximate surface area is 307 Å². The molecule has 9 aromatic carbocycles. The normalized spacial score (nSPS) is 11.5. The SMILES string of the molecule is c1ccc(-c2ccc(-c3ccc(N(c4cccc5ccccc45)c4cc5c(sc6cccc(-c7ccccc7)c65)c5ccccc45)cc3)cc2)cc1. The van der Waals surface area contributed by atoms with E-state index in [4.69, 9.17) is 0 Å². The molecule has 0 fully saturated rings. The Hall–Kier alpha value is -6.48. The average Bonchev–Trinajstić information content (AvgIpc) is 3.61. The lowest BCUT2D eigenvalue weighted by molar-refractivity contribution is 1.32. The zero-order valence-electron chi connectivity index (χ0n) is 28.4. The Balaban J connectivity index is 1.19. The monoisotopic (exact) mass is 679 g/mol. The number of hydrogen-bond acceptors (Lipinski definition) is 2. The lowest BCUT2D eigenvalue weighted by atomic mass is 9.96. The van der Waals surface area contributed by atoms with Gasteiger partial charge in [0.25, 0.3) is 0 Å². The predicted molar refractivity (Wildman–Crippen MR) is 225 cm³/mol. The maximum Gasteiger partial charge on any atom is 0.0547 e. The van der Waals surface area contributed by atoms with Crippen molar-refractivity contribution in [1.29, 1.82) is 0 Å². The molecule has 244 valence electrons. The predicted octanol–water partition coefficient (Wildman–Crippen LogP) is 14.8. The van der Waals surface area contributed by atoms with Crippen molar-refractivity contribution in [2.45, 2.75) is 0 Å². The summed E-state index contributed by atoms with van der Waals surface area (Å²) >= 11 is 1.90. The second-order valence-corrected chi connectivity index (χ2v) is 14.3. The Bertz CT molecular complexity index is 2870. The van der Waals surface area contributed by atoms with Crippen molar-refractivity contribution in [3.8, 4) is 33.4 Å². The molecule has 1 heterocycles. The fraction of sp³-hybridized carbons (Fsp3) is 0. The molecule has 1 nitrogen and oxygen atoms in total. The molecule has 10 rings (SSSR count). The first-order valence-electron chi connectivity index (χ1n) is 17.8. The molecule has 10 aromatic rings.